The Labute approximate surface area is 249 Å². The molecule has 0 saturated carbocycles. The van der Waals surface area contributed by atoms with Crippen molar-refractivity contribution >= 4 is 10.1 Å². The van der Waals surface area contributed by atoms with E-state index in [1.54, 1.807) is 0 Å². The SMILES string of the molecule is CCCCCCCC(F)(F)C(F)(F)C(F)(F)C(F)(F)C(F)(F)C(F)(F)C(F)(F)C(F)(F)OC(F)(F)C(F)(F)S(=O)(=O)[O-].[Na+]. The van der Waals surface area contributed by atoms with E-state index in [1.807, 2.05) is 0 Å². The minimum atomic E-state index is -9.08. The van der Waals surface area contributed by atoms with E-state index in [2.05, 4.69) is 0 Å². The fraction of sp³-hybridized carbons (Fsp3) is 1.00. The molecule has 43 heavy (non-hydrogen) atoms. The molecule has 26 heteroatoms. The Hall–Kier alpha value is -0.530. The van der Waals surface area contributed by atoms with Crippen molar-refractivity contribution in [2.24, 2.45) is 0 Å². The summed E-state index contributed by atoms with van der Waals surface area (Å²) in [6.45, 7) is 1.52. The van der Waals surface area contributed by atoms with Gasteiger partial charge in [-0.15, -0.1) is 0 Å². The van der Waals surface area contributed by atoms with Crippen LogP contribution in [0.15, 0.2) is 0 Å². The molecule has 0 radical (unpaired) electrons. The van der Waals surface area contributed by atoms with Gasteiger partial charge < -0.3 is 4.55 Å². The van der Waals surface area contributed by atoms with Crippen molar-refractivity contribution in [2.75, 3.05) is 0 Å². The summed E-state index contributed by atoms with van der Waals surface area (Å²) >= 11 is 0. The zero-order valence-electron chi connectivity index (χ0n) is 20.8. The van der Waals surface area contributed by atoms with Crippen LogP contribution in [0.5, 0.6) is 0 Å². The van der Waals surface area contributed by atoms with Crippen LogP contribution in [0.2, 0.25) is 0 Å². The van der Waals surface area contributed by atoms with E-state index in [-0.39, 0.29) is 42.4 Å². The van der Waals surface area contributed by atoms with Crippen molar-refractivity contribution in [1.82, 2.24) is 0 Å². The second-order valence-electron chi connectivity index (χ2n) is 8.42. The van der Waals surface area contributed by atoms with E-state index in [0.29, 0.717) is 6.42 Å². The number of unbranched alkanes of at least 4 members (excludes halogenated alkanes) is 4. The third kappa shape index (κ3) is 7.24. The van der Waals surface area contributed by atoms with Gasteiger partial charge in [0.05, 0.1) is 0 Å². The average molecular weight is 718 g/mol. The first kappa shape index (κ1) is 44.6. The summed E-state index contributed by atoms with van der Waals surface area (Å²) < 4.78 is 302. The summed E-state index contributed by atoms with van der Waals surface area (Å²) in [5.74, 6) is -58.9. The molecule has 0 atom stereocenters. The second kappa shape index (κ2) is 12.9. The van der Waals surface area contributed by atoms with Gasteiger partial charge >= 0.3 is 88.5 Å². The summed E-state index contributed by atoms with van der Waals surface area (Å²) in [6, 6.07) is 0. The van der Waals surface area contributed by atoms with Crippen molar-refractivity contribution in [3.8, 4) is 0 Å². The molecular weight excluding hydrogens is 703 g/mol. The van der Waals surface area contributed by atoms with Gasteiger partial charge in [0.2, 0.25) is 0 Å². The van der Waals surface area contributed by atoms with Crippen molar-refractivity contribution in [3.05, 3.63) is 0 Å². The molecule has 0 aromatic heterocycles. The summed E-state index contributed by atoms with van der Waals surface area (Å²) in [7, 11) is -7.97. The molecule has 0 fully saturated rings. The van der Waals surface area contributed by atoms with Gasteiger partial charge in [0.25, 0.3) is 0 Å². The molecule has 0 aliphatic carbocycles. The van der Waals surface area contributed by atoms with Gasteiger partial charge in [-0.25, -0.2) is 13.2 Å². The predicted octanol–water partition coefficient (Wildman–Crippen LogP) is 5.14. The number of alkyl halides is 20. The number of rotatable bonds is 17. The van der Waals surface area contributed by atoms with Crippen LogP contribution >= 0.6 is 0 Å². The van der Waals surface area contributed by atoms with E-state index in [9.17, 15) is 101 Å². The Kier molecular flexibility index (Phi) is 13.4. The van der Waals surface area contributed by atoms with Crippen LogP contribution in [-0.4, -0.2) is 71.9 Å². The van der Waals surface area contributed by atoms with Crippen molar-refractivity contribution in [1.29, 1.82) is 0 Å². The molecule has 0 bridgehead atoms. The number of hydrogen-bond donors (Lipinski definition) is 0. The van der Waals surface area contributed by atoms with Gasteiger partial charge in [-0.3, -0.25) is 0 Å². The molecule has 0 heterocycles. The summed E-state index contributed by atoms with van der Waals surface area (Å²) in [6.07, 6.45) is -20.1. The quantitative estimate of drug-likeness (QED) is 0.0906. The van der Waals surface area contributed by atoms with Crippen LogP contribution in [0, 0.1) is 0 Å². The predicted molar refractivity (Wildman–Crippen MR) is 93.6 cm³/mol. The van der Waals surface area contributed by atoms with Gasteiger partial charge in [-0.1, -0.05) is 32.6 Å². The van der Waals surface area contributed by atoms with E-state index >= 15 is 0 Å². The minimum absolute atomic E-state index is 0. The molecule has 0 N–H and O–H groups in total. The Morgan fingerprint density at radius 2 is 0.837 bits per heavy atom. The van der Waals surface area contributed by atoms with Gasteiger partial charge in [0.1, 0.15) is 0 Å². The minimum Gasteiger partial charge on any atom is -0.743 e. The molecule has 0 aromatic rings. The molecule has 0 aliphatic heterocycles. The molecule has 0 saturated heterocycles. The fourth-order valence-corrected chi connectivity index (χ4v) is 3.07. The second-order valence-corrected chi connectivity index (χ2v) is 9.84. The fourth-order valence-electron chi connectivity index (χ4n) is 2.74. The maximum absolute atomic E-state index is 13.8. The van der Waals surface area contributed by atoms with Crippen LogP contribution in [0.4, 0.5) is 87.8 Å². The van der Waals surface area contributed by atoms with Crippen molar-refractivity contribution in [2.45, 2.75) is 104 Å². The maximum atomic E-state index is 13.8. The third-order valence-electron chi connectivity index (χ3n) is 5.30. The third-order valence-corrected chi connectivity index (χ3v) is 6.17. The van der Waals surface area contributed by atoms with Crippen molar-refractivity contribution < 1.29 is 135 Å². The number of hydrogen-bond acceptors (Lipinski definition) is 4. The topological polar surface area (TPSA) is 66.4 Å². The molecule has 0 spiro atoms. The Bertz CT molecular complexity index is 1050. The van der Waals surface area contributed by atoms with Crippen LogP contribution in [-0.2, 0) is 14.9 Å². The molecule has 0 aliphatic rings. The van der Waals surface area contributed by atoms with Crippen molar-refractivity contribution in [3.63, 3.8) is 0 Å². The monoisotopic (exact) mass is 718 g/mol. The summed E-state index contributed by atoms with van der Waals surface area (Å²) in [5, 5.41) is -7.63. The standard InChI is InChI=1S/C17H16F20O4S.Na/c1-2-3-4-5-6-7-8(18,19)9(20,21)10(22,23)11(24,25)12(26,27)13(28,29)14(30,31)15(32,33)41-16(34,35)17(36,37)42(38,39)40;/h2-7H2,1H3,(H,38,39,40);/q;+1/p-1. The maximum Gasteiger partial charge on any atom is 1.00 e. The number of halogens is 20. The molecule has 4 nitrogen and oxygen atoms in total. The number of ether oxygens (including phenoxy) is 1. The summed E-state index contributed by atoms with van der Waals surface area (Å²) in [5.41, 5.74) is 0. The van der Waals surface area contributed by atoms with E-state index in [0.717, 1.165) is 4.74 Å². The normalized spacial score (nSPS) is 15.9. The van der Waals surface area contributed by atoms with Crippen LogP contribution < -0.4 is 29.6 Å². The van der Waals surface area contributed by atoms with E-state index < -0.39 is 88.3 Å². The molecular formula is C17H15F20NaO4S. The van der Waals surface area contributed by atoms with E-state index in [4.69, 9.17) is 0 Å². The first-order valence-electron chi connectivity index (χ1n) is 10.5. The Morgan fingerprint density at radius 1 is 0.512 bits per heavy atom. The molecule has 0 rings (SSSR count). The smallest absolute Gasteiger partial charge is 0.743 e. The molecule has 0 aromatic carbocycles. The van der Waals surface area contributed by atoms with E-state index in [1.165, 1.54) is 6.92 Å². The zero-order chi connectivity index (χ0) is 34.4. The molecule has 0 unspecified atom stereocenters. The molecule has 254 valence electrons. The van der Waals surface area contributed by atoms with Gasteiger partial charge in [-0.2, -0.15) is 87.8 Å². The zero-order valence-corrected chi connectivity index (χ0v) is 23.7. The largest absolute Gasteiger partial charge is 1.00 e. The Balaban J connectivity index is 0. The Morgan fingerprint density at radius 3 is 1.19 bits per heavy atom. The molecule has 0 amide bonds. The first-order valence-corrected chi connectivity index (χ1v) is 11.9. The van der Waals surface area contributed by atoms with Gasteiger partial charge in [-0.05, 0) is 6.42 Å². The first-order chi connectivity index (χ1) is 18.0. The van der Waals surface area contributed by atoms with Crippen LogP contribution in [0.1, 0.15) is 45.4 Å². The van der Waals surface area contributed by atoms with Crippen LogP contribution in [0.25, 0.3) is 0 Å². The van der Waals surface area contributed by atoms with Crippen LogP contribution in [0.3, 0.4) is 0 Å². The van der Waals surface area contributed by atoms with Gasteiger partial charge in [0.15, 0.2) is 10.1 Å². The average Bonchev–Trinajstić information content (AvgIpc) is 2.76. The van der Waals surface area contributed by atoms with Gasteiger partial charge in [0, 0.05) is 6.42 Å². The summed E-state index contributed by atoms with van der Waals surface area (Å²) in [4.78, 5) is 0.